The SMILES string of the molecule is CC(=O)CCCNc1ccc2c(c1)OCO2. The zero-order chi connectivity index (χ0) is 11.4. The first-order valence-electron chi connectivity index (χ1n) is 5.38. The minimum absolute atomic E-state index is 0.229. The molecular weight excluding hydrogens is 206 g/mol. The number of carbonyl (C=O) groups excluding carboxylic acids is 1. The van der Waals surface area contributed by atoms with Crippen LogP contribution in [0.2, 0.25) is 0 Å². The molecule has 0 saturated heterocycles. The van der Waals surface area contributed by atoms with Crippen molar-refractivity contribution in [1.82, 2.24) is 0 Å². The molecule has 4 heteroatoms. The Kier molecular flexibility index (Phi) is 3.29. The van der Waals surface area contributed by atoms with E-state index in [1.54, 1.807) is 6.92 Å². The maximum absolute atomic E-state index is 10.7. The van der Waals surface area contributed by atoms with Crippen molar-refractivity contribution in [3.8, 4) is 11.5 Å². The van der Waals surface area contributed by atoms with Crippen LogP contribution in [0.1, 0.15) is 19.8 Å². The number of fused-ring (bicyclic) bond motifs is 1. The lowest BCUT2D eigenvalue weighted by Crippen LogP contribution is -2.03. The summed E-state index contributed by atoms with van der Waals surface area (Å²) in [6, 6.07) is 5.74. The van der Waals surface area contributed by atoms with Gasteiger partial charge in [-0.25, -0.2) is 0 Å². The third-order valence-corrected chi connectivity index (χ3v) is 2.41. The second-order valence-corrected chi connectivity index (χ2v) is 3.80. The Balaban J connectivity index is 1.83. The number of hydrogen-bond donors (Lipinski definition) is 1. The number of hydrogen-bond acceptors (Lipinski definition) is 4. The van der Waals surface area contributed by atoms with E-state index in [1.807, 2.05) is 18.2 Å². The van der Waals surface area contributed by atoms with E-state index < -0.39 is 0 Å². The molecule has 1 aliphatic heterocycles. The molecule has 2 rings (SSSR count). The van der Waals surface area contributed by atoms with Gasteiger partial charge in [0.2, 0.25) is 6.79 Å². The van der Waals surface area contributed by atoms with E-state index in [9.17, 15) is 4.79 Å². The van der Waals surface area contributed by atoms with Crippen LogP contribution in [0.4, 0.5) is 5.69 Å². The molecule has 16 heavy (non-hydrogen) atoms. The zero-order valence-corrected chi connectivity index (χ0v) is 9.29. The van der Waals surface area contributed by atoms with Crippen LogP contribution < -0.4 is 14.8 Å². The fraction of sp³-hybridized carbons (Fsp3) is 0.417. The summed E-state index contributed by atoms with van der Waals surface area (Å²) in [5.74, 6) is 1.79. The standard InChI is InChI=1S/C12H15NO3/c1-9(14)3-2-6-13-10-4-5-11-12(7-10)16-8-15-11/h4-5,7,13H,2-3,6,8H2,1H3. The summed E-state index contributed by atoms with van der Waals surface area (Å²) >= 11 is 0. The normalized spacial score (nSPS) is 12.6. The molecule has 0 fully saturated rings. The van der Waals surface area contributed by atoms with E-state index in [-0.39, 0.29) is 5.78 Å². The van der Waals surface area contributed by atoms with Crippen LogP contribution in [0.5, 0.6) is 11.5 Å². The van der Waals surface area contributed by atoms with Gasteiger partial charge in [0.15, 0.2) is 11.5 Å². The fourth-order valence-corrected chi connectivity index (χ4v) is 1.58. The van der Waals surface area contributed by atoms with Crippen LogP contribution >= 0.6 is 0 Å². The van der Waals surface area contributed by atoms with Crippen molar-refractivity contribution in [2.24, 2.45) is 0 Å². The van der Waals surface area contributed by atoms with Gasteiger partial charge in [0.05, 0.1) is 0 Å². The van der Waals surface area contributed by atoms with Gasteiger partial charge in [-0.15, -0.1) is 0 Å². The Hall–Kier alpha value is -1.71. The van der Waals surface area contributed by atoms with E-state index in [4.69, 9.17) is 9.47 Å². The number of ether oxygens (including phenoxy) is 2. The summed E-state index contributed by atoms with van der Waals surface area (Å²) in [6.45, 7) is 2.70. The van der Waals surface area contributed by atoms with Crippen LogP contribution in [0.15, 0.2) is 18.2 Å². The maximum Gasteiger partial charge on any atom is 0.231 e. The molecule has 4 nitrogen and oxygen atoms in total. The first-order valence-corrected chi connectivity index (χ1v) is 5.38. The van der Waals surface area contributed by atoms with Crippen molar-refractivity contribution in [2.45, 2.75) is 19.8 Å². The molecule has 86 valence electrons. The molecule has 0 saturated carbocycles. The first kappa shape index (κ1) is 10.8. The van der Waals surface area contributed by atoms with Crippen molar-refractivity contribution < 1.29 is 14.3 Å². The van der Waals surface area contributed by atoms with Gasteiger partial charge in [0.1, 0.15) is 5.78 Å². The summed E-state index contributed by atoms with van der Waals surface area (Å²) in [5, 5.41) is 3.24. The molecule has 0 amide bonds. The summed E-state index contributed by atoms with van der Waals surface area (Å²) in [7, 11) is 0. The molecule has 0 radical (unpaired) electrons. The predicted molar refractivity (Wildman–Crippen MR) is 61.0 cm³/mol. The fourth-order valence-electron chi connectivity index (χ4n) is 1.58. The van der Waals surface area contributed by atoms with Gasteiger partial charge >= 0.3 is 0 Å². The second-order valence-electron chi connectivity index (χ2n) is 3.80. The van der Waals surface area contributed by atoms with Gasteiger partial charge in [0.25, 0.3) is 0 Å². The van der Waals surface area contributed by atoms with Gasteiger partial charge in [-0.05, 0) is 25.5 Å². The minimum Gasteiger partial charge on any atom is -0.454 e. The second kappa shape index (κ2) is 4.88. The molecule has 0 unspecified atom stereocenters. The lowest BCUT2D eigenvalue weighted by Gasteiger charge is -2.06. The molecule has 1 aromatic carbocycles. The Labute approximate surface area is 94.6 Å². The number of benzene rings is 1. The summed E-state index contributed by atoms with van der Waals surface area (Å²) < 4.78 is 10.5. The highest BCUT2D eigenvalue weighted by atomic mass is 16.7. The Bertz CT molecular complexity index is 390. The Morgan fingerprint density at radius 3 is 3.00 bits per heavy atom. The van der Waals surface area contributed by atoms with Gasteiger partial charge in [-0.1, -0.05) is 0 Å². The predicted octanol–water partition coefficient (Wildman–Crippen LogP) is 2.20. The third-order valence-electron chi connectivity index (χ3n) is 2.41. The topological polar surface area (TPSA) is 47.6 Å². The lowest BCUT2D eigenvalue weighted by molar-refractivity contribution is -0.117. The first-order chi connectivity index (χ1) is 7.75. The van der Waals surface area contributed by atoms with Crippen molar-refractivity contribution >= 4 is 11.5 Å². The van der Waals surface area contributed by atoms with Gasteiger partial charge in [0, 0.05) is 24.7 Å². The molecule has 1 aliphatic rings. The number of nitrogens with one attached hydrogen (secondary N) is 1. The van der Waals surface area contributed by atoms with Crippen LogP contribution in [0.25, 0.3) is 0 Å². The Morgan fingerprint density at radius 2 is 2.19 bits per heavy atom. The quantitative estimate of drug-likeness (QED) is 0.774. The van der Waals surface area contributed by atoms with Crippen LogP contribution in [0, 0.1) is 0 Å². The number of Topliss-reactive ketones (excluding diaryl/α,β-unsaturated/α-hetero) is 1. The number of anilines is 1. The summed E-state index contributed by atoms with van der Waals surface area (Å²) in [4.78, 5) is 10.7. The molecular formula is C12H15NO3. The lowest BCUT2D eigenvalue weighted by atomic mass is 10.2. The number of rotatable bonds is 5. The molecule has 0 aromatic heterocycles. The van der Waals surface area contributed by atoms with E-state index >= 15 is 0 Å². The van der Waals surface area contributed by atoms with E-state index in [0.717, 1.165) is 30.2 Å². The van der Waals surface area contributed by atoms with Crippen molar-refractivity contribution in [3.63, 3.8) is 0 Å². The van der Waals surface area contributed by atoms with Crippen LogP contribution in [-0.2, 0) is 4.79 Å². The van der Waals surface area contributed by atoms with Gasteiger partial charge in [-0.2, -0.15) is 0 Å². The largest absolute Gasteiger partial charge is 0.454 e. The average molecular weight is 221 g/mol. The highest BCUT2D eigenvalue weighted by molar-refractivity contribution is 5.75. The van der Waals surface area contributed by atoms with E-state index in [1.165, 1.54) is 0 Å². The molecule has 1 N–H and O–H groups in total. The molecule has 0 spiro atoms. The van der Waals surface area contributed by atoms with E-state index in [2.05, 4.69) is 5.32 Å². The van der Waals surface area contributed by atoms with Crippen molar-refractivity contribution in [3.05, 3.63) is 18.2 Å². The molecule has 0 atom stereocenters. The monoisotopic (exact) mass is 221 g/mol. The highest BCUT2D eigenvalue weighted by Crippen LogP contribution is 2.34. The zero-order valence-electron chi connectivity index (χ0n) is 9.29. The number of ketones is 1. The summed E-state index contributed by atoms with van der Waals surface area (Å²) in [5.41, 5.74) is 0.993. The van der Waals surface area contributed by atoms with Gasteiger partial charge < -0.3 is 19.6 Å². The third kappa shape index (κ3) is 2.66. The molecule has 1 heterocycles. The summed E-state index contributed by atoms with van der Waals surface area (Å²) in [6.07, 6.45) is 1.47. The molecule has 1 aromatic rings. The average Bonchev–Trinajstić information content (AvgIpc) is 2.71. The van der Waals surface area contributed by atoms with Gasteiger partial charge in [-0.3, -0.25) is 0 Å². The van der Waals surface area contributed by atoms with Crippen molar-refractivity contribution in [2.75, 3.05) is 18.7 Å². The highest BCUT2D eigenvalue weighted by Gasteiger charge is 2.12. The Morgan fingerprint density at radius 1 is 1.38 bits per heavy atom. The van der Waals surface area contributed by atoms with Crippen LogP contribution in [-0.4, -0.2) is 19.1 Å². The minimum atomic E-state index is 0.229. The molecule has 0 aliphatic carbocycles. The van der Waals surface area contributed by atoms with Crippen molar-refractivity contribution in [1.29, 1.82) is 0 Å². The van der Waals surface area contributed by atoms with Crippen LogP contribution in [0.3, 0.4) is 0 Å². The smallest absolute Gasteiger partial charge is 0.231 e. The molecule has 0 bridgehead atoms. The maximum atomic E-state index is 10.7. The van der Waals surface area contributed by atoms with E-state index in [0.29, 0.717) is 13.2 Å². The number of carbonyl (C=O) groups is 1.